The minimum Gasteiger partial charge on any atom is -1.00 e. The van der Waals surface area contributed by atoms with Crippen LogP contribution in [0.2, 0.25) is 5.54 Å². The number of halogens is 1. The Balaban J connectivity index is 0. The van der Waals surface area contributed by atoms with Crippen molar-refractivity contribution in [2.24, 2.45) is 0 Å². The summed E-state index contributed by atoms with van der Waals surface area (Å²) in [6.07, 6.45) is 14.4. The topological polar surface area (TPSA) is 55.3 Å². The van der Waals surface area contributed by atoms with Crippen molar-refractivity contribution in [3.05, 3.63) is 0 Å². The molecule has 4 nitrogen and oxygen atoms in total. The SMILES string of the molecule is CCCCCCCCCCCC(CC[NH3+])[Si](OC)(OC)OC.[Cl-]. The zero-order chi connectivity index (χ0) is 16.7. The molecule has 1 atom stereocenters. The smallest absolute Gasteiger partial charge is 0.503 e. The first kappa shape index (κ1) is 25.6. The molecule has 0 aromatic carbocycles. The van der Waals surface area contributed by atoms with Crippen molar-refractivity contribution in [1.82, 2.24) is 0 Å². The molecule has 0 aliphatic heterocycles. The molecule has 142 valence electrons. The number of unbranched alkanes of at least 4 members (excludes halogenated alkanes) is 8. The Bertz CT molecular complexity index is 236. The van der Waals surface area contributed by atoms with Crippen molar-refractivity contribution in [3.63, 3.8) is 0 Å². The van der Waals surface area contributed by atoms with Gasteiger partial charge in [0.05, 0.1) is 6.54 Å². The van der Waals surface area contributed by atoms with E-state index in [2.05, 4.69) is 12.7 Å². The van der Waals surface area contributed by atoms with Gasteiger partial charge < -0.3 is 31.4 Å². The standard InChI is InChI=1S/C17H39NO3Si.ClH/c1-5-6-7-8-9-10-11-12-13-14-17(15-16-18)22(19-2,20-3)21-4;/h17H,5-16,18H2,1-4H3;1H. The number of quaternary nitrogens is 1. The van der Waals surface area contributed by atoms with Gasteiger partial charge >= 0.3 is 8.80 Å². The van der Waals surface area contributed by atoms with Crippen LogP contribution in [-0.4, -0.2) is 36.7 Å². The Labute approximate surface area is 151 Å². The molecule has 1 unspecified atom stereocenters. The van der Waals surface area contributed by atoms with E-state index in [-0.39, 0.29) is 12.4 Å². The van der Waals surface area contributed by atoms with Crippen LogP contribution in [0.3, 0.4) is 0 Å². The second kappa shape index (κ2) is 17.2. The second-order valence-corrected chi connectivity index (χ2v) is 9.42. The molecule has 0 amide bonds. The van der Waals surface area contributed by atoms with Gasteiger partial charge in [0.25, 0.3) is 0 Å². The Kier molecular flexibility index (Phi) is 19.1. The minimum absolute atomic E-state index is 0. The Morgan fingerprint density at radius 1 is 0.739 bits per heavy atom. The number of hydrogen-bond acceptors (Lipinski definition) is 3. The fourth-order valence-electron chi connectivity index (χ4n) is 3.20. The molecule has 0 heterocycles. The lowest BCUT2D eigenvalue weighted by atomic mass is 10.1. The molecule has 0 rings (SSSR count). The first-order valence-corrected chi connectivity index (χ1v) is 11.0. The molecule has 0 aromatic heterocycles. The van der Waals surface area contributed by atoms with Gasteiger partial charge in [0.1, 0.15) is 0 Å². The quantitative estimate of drug-likeness (QED) is 0.323. The van der Waals surface area contributed by atoms with E-state index in [1.54, 1.807) is 21.3 Å². The van der Waals surface area contributed by atoms with E-state index in [1.807, 2.05) is 0 Å². The van der Waals surface area contributed by atoms with Gasteiger partial charge in [-0.25, -0.2) is 0 Å². The molecule has 0 saturated carbocycles. The summed E-state index contributed by atoms with van der Waals surface area (Å²) in [4.78, 5) is 0. The van der Waals surface area contributed by atoms with Crippen LogP contribution >= 0.6 is 0 Å². The van der Waals surface area contributed by atoms with E-state index in [4.69, 9.17) is 13.3 Å². The molecule has 0 saturated heterocycles. The zero-order valence-electron chi connectivity index (χ0n) is 15.9. The number of hydrogen-bond donors (Lipinski definition) is 1. The van der Waals surface area contributed by atoms with E-state index in [9.17, 15) is 0 Å². The molecular formula is C17H40ClNO3Si. The van der Waals surface area contributed by atoms with Gasteiger partial charge in [-0.3, -0.25) is 0 Å². The first-order valence-electron chi connectivity index (χ1n) is 9.15. The lowest BCUT2D eigenvalue weighted by Crippen LogP contribution is -3.00. The predicted molar refractivity (Wildman–Crippen MR) is 94.7 cm³/mol. The van der Waals surface area contributed by atoms with E-state index in [1.165, 1.54) is 57.8 Å². The normalized spacial score (nSPS) is 12.9. The van der Waals surface area contributed by atoms with Crippen LogP contribution in [0.5, 0.6) is 0 Å². The van der Waals surface area contributed by atoms with Gasteiger partial charge in [0.15, 0.2) is 0 Å². The Morgan fingerprint density at radius 3 is 1.57 bits per heavy atom. The Morgan fingerprint density at radius 2 is 1.17 bits per heavy atom. The average molecular weight is 370 g/mol. The zero-order valence-corrected chi connectivity index (χ0v) is 17.6. The summed E-state index contributed by atoms with van der Waals surface area (Å²) in [6.45, 7) is 3.18. The van der Waals surface area contributed by atoms with E-state index >= 15 is 0 Å². The van der Waals surface area contributed by atoms with Gasteiger partial charge in [-0.1, -0.05) is 64.7 Å². The van der Waals surface area contributed by atoms with Crippen LogP contribution in [0.1, 0.15) is 77.6 Å². The average Bonchev–Trinajstić information content (AvgIpc) is 2.55. The van der Waals surface area contributed by atoms with Gasteiger partial charge in [0.2, 0.25) is 0 Å². The van der Waals surface area contributed by atoms with Crippen molar-refractivity contribution >= 4 is 8.80 Å². The highest BCUT2D eigenvalue weighted by Crippen LogP contribution is 2.32. The number of rotatable bonds is 16. The van der Waals surface area contributed by atoms with Crippen molar-refractivity contribution in [1.29, 1.82) is 0 Å². The summed E-state index contributed by atoms with van der Waals surface area (Å²) in [5, 5.41) is 0. The summed E-state index contributed by atoms with van der Waals surface area (Å²) in [7, 11) is 2.64. The molecule has 23 heavy (non-hydrogen) atoms. The maximum atomic E-state index is 5.65. The molecule has 6 heteroatoms. The van der Waals surface area contributed by atoms with Crippen LogP contribution in [0.15, 0.2) is 0 Å². The van der Waals surface area contributed by atoms with Crippen LogP contribution in [0.4, 0.5) is 0 Å². The van der Waals surface area contributed by atoms with Gasteiger partial charge in [-0.15, -0.1) is 0 Å². The molecule has 0 spiro atoms. The van der Waals surface area contributed by atoms with Crippen molar-refractivity contribution in [3.8, 4) is 0 Å². The fourth-order valence-corrected chi connectivity index (χ4v) is 5.81. The third-order valence-corrected chi connectivity index (χ3v) is 7.85. The summed E-state index contributed by atoms with van der Waals surface area (Å²) >= 11 is 0. The summed E-state index contributed by atoms with van der Waals surface area (Å²) < 4.78 is 17.0. The molecule has 0 aliphatic carbocycles. The largest absolute Gasteiger partial charge is 1.00 e. The van der Waals surface area contributed by atoms with Crippen LogP contribution in [0.25, 0.3) is 0 Å². The van der Waals surface area contributed by atoms with E-state index in [0.29, 0.717) is 5.54 Å². The predicted octanol–water partition coefficient (Wildman–Crippen LogP) is 0.792. The highest BCUT2D eigenvalue weighted by atomic mass is 35.5. The highest BCUT2D eigenvalue weighted by Gasteiger charge is 2.46. The lowest BCUT2D eigenvalue weighted by Gasteiger charge is -2.32. The molecule has 0 fully saturated rings. The summed E-state index contributed by atoms with van der Waals surface area (Å²) in [5.74, 6) is 0. The molecule has 0 aliphatic rings. The summed E-state index contributed by atoms with van der Waals surface area (Å²) in [5.41, 5.74) is 4.37. The molecule has 0 bridgehead atoms. The van der Waals surface area contributed by atoms with E-state index in [0.717, 1.165) is 19.4 Å². The lowest BCUT2D eigenvalue weighted by molar-refractivity contribution is -0.368. The van der Waals surface area contributed by atoms with Crippen molar-refractivity contribution in [2.45, 2.75) is 83.1 Å². The molecule has 3 N–H and O–H groups in total. The fraction of sp³-hybridized carbons (Fsp3) is 1.00. The third kappa shape index (κ3) is 10.7. The Hall–Kier alpha value is 0.347. The van der Waals surface area contributed by atoms with Crippen LogP contribution in [-0.2, 0) is 13.3 Å². The molecule has 0 aromatic rings. The highest BCUT2D eigenvalue weighted by molar-refractivity contribution is 6.62. The van der Waals surface area contributed by atoms with Crippen molar-refractivity contribution < 1.29 is 31.4 Å². The van der Waals surface area contributed by atoms with Crippen molar-refractivity contribution in [2.75, 3.05) is 27.9 Å². The third-order valence-electron chi connectivity index (χ3n) is 4.56. The second-order valence-electron chi connectivity index (χ2n) is 6.17. The minimum atomic E-state index is -2.50. The van der Waals surface area contributed by atoms with Crippen LogP contribution in [0, 0.1) is 0 Å². The first-order chi connectivity index (χ1) is 10.7. The van der Waals surface area contributed by atoms with E-state index < -0.39 is 8.80 Å². The monoisotopic (exact) mass is 369 g/mol. The van der Waals surface area contributed by atoms with Crippen LogP contribution < -0.4 is 18.1 Å². The van der Waals surface area contributed by atoms with Gasteiger partial charge in [-0.2, -0.15) is 0 Å². The maximum absolute atomic E-state index is 5.65. The van der Waals surface area contributed by atoms with Gasteiger partial charge in [-0.05, 0) is 6.42 Å². The summed E-state index contributed by atoms with van der Waals surface area (Å²) in [6, 6.07) is 0. The molecule has 0 radical (unpaired) electrons. The van der Waals surface area contributed by atoms with Gasteiger partial charge in [0, 0.05) is 33.3 Å². The molecular weight excluding hydrogens is 330 g/mol. The maximum Gasteiger partial charge on any atom is 0.503 e.